The first kappa shape index (κ1) is 15.1. The van der Waals surface area contributed by atoms with E-state index in [-0.39, 0.29) is 0 Å². The summed E-state index contributed by atoms with van der Waals surface area (Å²) in [6.07, 6.45) is -3.20. The Bertz CT molecular complexity index is 385. The van der Waals surface area contributed by atoms with Crippen LogP contribution in [0.3, 0.4) is 0 Å². The maximum atomic E-state index is 9.42. The normalized spacial score (nSPS) is 16.5. The second-order valence-corrected chi connectivity index (χ2v) is 4.54. The predicted octanol–water partition coefficient (Wildman–Crippen LogP) is -0.0782. The van der Waals surface area contributed by atoms with E-state index in [1.54, 1.807) is 12.1 Å². The molecule has 0 aliphatic rings. The molecule has 0 heterocycles. The Morgan fingerprint density at radius 2 is 1.83 bits per heavy atom. The summed E-state index contributed by atoms with van der Waals surface area (Å²) in [5.41, 5.74) is 3.36. The Morgan fingerprint density at radius 1 is 1.22 bits per heavy atom. The molecule has 6 nitrogen and oxygen atoms in total. The highest BCUT2D eigenvalue weighted by atomic mass is 79.9. The fraction of sp³-hybridized carbons (Fsp3) is 0.364. The van der Waals surface area contributed by atoms with Gasteiger partial charge < -0.3 is 20.4 Å². The number of halogens is 1. The monoisotopic (exact) mass is 318 g/mol. The van der Waals surface area contributed by atoms with Crippen molar-refractivity contribution in [1.29, 1.82) is 0 Å². The van der Waals surface area contributed by atoms with E-state index < -0.39 is 24.9 Å². The van der Waals surface area contributed by atoms with Crippen LogP contribution in [0.1, 0.15) is 0 Å². The third-order valence-corrected chi connectivity index (χ3v) is 2.72. The summed E-state index contributed by atoms with van der Waals surface area (Å²) in [6.45, 7) is -0.633. The third kappa shape index (κ3) is 4.71. The fourth-order valence-corrected chi connectivity index (χ4v) is 1.40. The molecule has 0 saturated heterocycles. The van der Waals surface area contributed by atoms with Gasteiger partial charge in [-0.3, -0.25) is 5.43 Å². The summed E-state index contributed by atoms with van der Waals surface area (Å²) in [7, 11) is 0. The highest BCUT2D eigenvalue weighted by Gasteiger charge is 2.22. The van der Waals surface area contributed by atoms with E-state index >= 15 is 0 Å². The number of hydrogen-bond donors (Lipinski definition) is 5. The molecule has 0 aliphatic heterocycles. The lowest BCUT2D eigenvalue weighted by Crippen LogP contribution is -2.40. The average molecular weight is 319 g/mol. The Hall–Kier alpha value is -0.990. The molecule has 0 aromatic heterocycles. The van der Waals surface area contributed by atoms with Crippen molar-refractivity contribution in [1.82, 2.24) is 0 Å². The molecule has 0 radical (unpaired) electrons. The standard InChI is InChI=1S/C11H15BrN2O4/c12-7-1-3-8(4-2-7)14-13-5-9(16)11(18)10(17)6-15/h1-5,9-11,14-18H,6H2/b13-5-. The molecule has 1 rings (SSSR count). The minimum atomic E-state index is -1.48. The molecule has 18 heavy (non-hydrogen) atoms. The fourth-order valence-electron chi connectivity index (χ4n) is 1.14. The highest BCUT2D eigenvalue weighted by Crippen LogP contribution is 2.13. The minimum absolute atomic E-state index is 0.633. The van der Waals surface area contributed by atoms with E-state index in [1.807, 2.05) is 12.1 Å². The van der Waals surface area contributed by atoms with Crippen LogP contribution in [0.5, 0.6) is 0 Å². The zero-order chi connectivity index (χ0) is 13.5. The minimum Gasteiger partial charge on any atom is -0.394 e. The number of aliphatic hydroxyl groups excluding tert-OH is 4. The van der Waals surface area contributed by atoms with Crippen molar-refractivity contribution in [3.63, 3.8) is 0 Å². The van der Waals surface area contributed by atoms with Gasteiger partial charge in [-0.15, -0.1) is 0 Å². The largest absolute Gasteiger partial charge is 0.394 e. The van der Waals surface area contributed by atoms with Crippen LogP contribution in [0.2, 0.25) is 0 Å². The quantitative estimate of drug-likeness (QED) is 0.373. The molecular weight excluding hydrogens is 304 g/mol. The average Bonchev–Trinajstić information content (AvgIpc) is 2.39. The van der Waals surface area contributed by atoms with Crippen molar-refractivity contribution < 1.29 is 20.4 Å². The summed E-state index contributed by atoms with van der Waals surface area (Å²) in [4.78, 5) is 0. The number of nitrogens with zero attached hydrogens (tertiary/aromatic N) is 1. The zero-order valence-electron chi connectivity index (χ0n) is 9.44. The number of nitrogens with one attached hydrogen (secondary N) is 1. The summed E-state index contributed by atoms with van der Waals surface area (Å²) >= 11 is 3.29. The molecule has 5 N–H and O–H groups in total. The van der Waals surface area contributed by atoms with E-state index in [2.05, 4.69) is 26.5 Å². The number of anilines is 1. The lowest BCUT2D eigenvalue weighted by Gasteiger charge is -2.18. The first-order valence-electron chi connectivity index (χ1n) is 5.24. The van der Waals surface area contributed by atoms with Crippen LogP contribution in [-0.4, -0.2) is 51.6 Å². The summed E-state index contributed by atoms with van der Waals surface area (Å²) < 4.78 is 0.929. The summed E-state index contributed by atoms with van der Waals surface area (Å²) in [6, 6.07) is 7.18. The molecule has 3 atom stereocenters. The van der Waals surface area contributed by atoms with Crippen LogP contribution in [-0.2, 0) is 0 Å². The number of rotatable bonds is 6. The lowest BCUT2D eigenvalue weighted by atomic mass is 10.1. The van der Waals surface area contributed by atoms with Gasteiger partial charge in [-0.05, 0) is 24.3 Å². The van der Waals surface area contributed by atoms with Crippen LogP contribution in [0.4, 0.5) is 5.69 Å². The third-order valence-electron chi connectivity index (χ3n) is 2.20. The first-order chi connectivity index (χ1) is 8.54. The van der Waals surface area contributed by atoms with Crippen molar-refractivity contribution in [2.45, 2.75) is 18.3 Å². The van der Waals surface area contributed by atoms with E-state index in [0.717, 1.165) is 10.7 Å². The number of aliphatic hydroxyl groups is 4. The molecule has 0 saturated carbocycles. The van der Waals surface area contributed by atoms with Crippen molar-refractivity contribution in [2.24, 2.45) is 5.10 Å². The van der Waals surface area contributed by atoms with Crippen molar-refractivity contribution in [3.8, 4) is 0 Å². The molecule has 100 valence electrons. The SMILES string of the molecule is OCC(O)C(O)C(O)/C=N\Nc1ccc(Br)cc1. The van der Waals surface area contributed by atoms with E-state index in [9.17, 15) is 10.2 Å². The molecule has 1 aromatic carbocycles. The molecule has 0 amide bonds. The molecule has 1 aromatic rings. The number of benzene rings is 1. The van der Waals surface area contributed by atoms with Gasteiger partial charge in [0.15, 0.2) is 0 Å². The van der Waals surface area contributed by atoms with E-state index in [0.29, 0.717) is 5.69 Å². The van der Waals surface area contributed by atoms with E-state index in [1.165, 1.54) is 0 Å². The van der Waals surface area contributed by atoms with Gasteiger partial charge in [0.25, 0.3) is 0 Å². The Kier molecular flexibility index (Phi) is 6.23. The van der Waals surface area contributed by atoms with Crippen molar-refractivity contribution in [2.75, 3.05) is 12.0 Å². The molecule has 3 unspecified atom stereocenters. The Balaban J connectivity index is 2.47. The molecular formula is C11H15BrN2O4. The predicted molar refractivity (Wildman–Crippen MR) is 71.4 cm³/mol. The first-order valence-corrected chi connectivity index (χ1v) is 6.03. The number of hydrogen-bond acceptors (Lipinski definition) is 6. The van der Waals surface area contributed by atoms with Crippen LogP contribution in [0, 0.1) is 0 Å². The second-order valence-electron chi connectivity index (χ2n) is 3.63. The maximum absolute atomic E-state index is 9.42. The van der Waals surface area contributed by atoms with Crippen molar-refractivity contribution in [3.05, 3.63) is 28.7 Å². The number of hydrazone groups is 1. The van der Waals surface area contributed by atoms with Crippen LogP contribution in [0.25, 0.3) is 0 Å². The molecule has 7 heteroatoms. The Labute approximate surface area is 113 Å². The van der Waals surface area contributed by atoms with Gasteiger partial charge >= 0.3 is 0 Å². The molecule has 0 spiro atoms. The van der Waals surface area contributed by atoms with Gasteiger partial charge in [0.1, 0.15) is 18.3 Å². The van der Waals surface area contributed by atoms with Crippen LogP contribution < -0.4 is 5.43 Å². The molecule has 0 bridgehead atoms. The van der Waals surface area contributed by atoms with Crippen LogP contribution in [0.15, 0.2) is 33.8 Å². The van der Waals surface area contributed by atoms with Gasteiger partial charge in [-0.1, -0.05) is 15.9 Å². The van der Waals surface area contributed by atoms with Crippen molar-refractivity contribution >= 4 is 27.8 Å². The summed E-state index contributed by atoms with van der Waals surface area (Å²) in [5, 5.41) is 40.2. The topological polar surface area (TPSA) is 105 Å². The van der Waals surface area contributed by atoms with Gasteiger partial charge in [-0.2, -0.15) is 5.10 Å². The second kappa shape index (κ2) is 7.45. The van der Waals surface area contributed by atoms with Gasteiger partial charge in [0.05, 0.1) is 18.5 Å². The smallest absolute Gasteiger partial charge is 0.119 e. The zero-order valence-corrected chi connectivity index (χ0v) is 11.0. The van der Waals surface area contributed by atoms with Gasteiger partial charge in [0.2, 0.25) is 0 Å². The summed E-state index contributed by atoms with van der Waals surface area (Å²) in [5.74, 6) is 0. The molecule has 0 fully saturated rings. The lowest BCUT2D eigenvalue weighted by molar-refractivity contribution is -0.0541. The van der Waals surface area contributed by atoms with Gasteiger partial charge in [-0.25, -0.2) is 0 Å². The molecule has 0 aliphatic carbocycles. The van der Waals surface area contributed by atoms with E-state index in [4.69, 9.17) is 10.2 Å². The van der Waals surface area contributed by atoms with Gasteiger partial charge in [0, 0.05) is 4.47 Å². The maximum Gasteiger partial charge on any atom is 0.119 e. The Morgan fingerprint density at radius 3 is 2.39 bits per heavy atom. The highest BCUT2D eigenvalue weighted by molar-refractivity contribution is 9.10. The van der Waals surface area contributed by atoms with Crippen LogP contribution >= 0.6 is 15.9 Å².